The van der Waals surface area contributed by atoms with Gasteiger partial charge < -0.3 is 9.84 Å². The molecule has 4 nitrogen and oxygen atoms in total. The van der Waals surface area contributed by atoms with Crippen molar-refractivity contribution in [1.82, 2.24) is 0 Å². The van der Waals surface area contributed by atoms with Gasteiger partial charge in [0.1, 0.15) is 6.10 Å². The lowest BCUT2D eigenvalue weighted by Crippen LogP contribution is -2.21. The standard InChI is InChI=1S/C9H12O4/c1-5(2)9(12)13-7(4)6(3)8(10)11/h7H,1,3H2,2,4H3,(H,10,11). The molecule has 0 radical (unpaired) electrons. The molecule has 0 spiro atoms. The molecule has 1 unspecified atom stereocenters. The molecule has 0 rings (SSSR count). The fraction of sp³-hybridized carbons (Fsp3) is 0.333. The third-order valence-electron chi connectivity index (χ3n) is 1.40. The number of aliphatic carboxylic acids is 1. The van der Waals surface area contributed by atoms with E-state index in [9.17, 15) is 9.59 Å². The summed E-state index contributed by atoms with van der Waals surface area (Å²) in [7, 11) is 0. The van der Waals surface area contributed by atoms with E-state index in [1.807, 2.05) is 0 Å². The molecular formula is C9H12O4. The Morgan fingerprint density at radius 3 is 2.15 bits per heavy atom. The van der Waals surface area contributed by atoms with Crippen LogP contribution in [0.2, 0.25) is 0 Å². The third-order valence-corrected chi connectivity index (χ3v) is 1.40. The van der Waals surface area contributed by atoms with Crippen molar-refractivity contribution in [1.29, 1.82) is 0 Å². The minimum absolute atomic E-state index is 0.158. The highest BCUT2D eigenvalue weighted by atomic mass is 16.5. The lowest BCUT2D eigenvalue weighted by Gasteiger charge is -2.12. The van der Waals surface area contributed by atoms with Gasteiger partial charge in [0.05, 0.1) is 5.57 Å². The largest absolute Gasteiger partial charge is 0.478 e. The zero-order valence-electron chi connectivity index (χ0n) is 7.66. The molecule has 13 heavy (non-hydrogen) atoms. The zero-order chi connectivity index (χ0) is 10.6. The predicted molar refractivity (Wildman–Crippen MR) is 47.1 cm³/mol. The highest BCUT2D eigenvalue weighted by Crippen LogP contribution is 2.06. The molecule has 1 atom stereocenters. The Morgan fingerprint density at radius 1 is 1.38 bits per heavy atom. The molecule has 0 saturated carbocycles. The van der Waals surface area contributed by atoms with Crippen LogP contribution in [0, 0.1) is 0 Å². The summed E-state index contributed by atoms with van der Waals surface area (Å²) in [4.78, 5) is 21.3. The molecule has 0 fully saturated rings. The highest BCUT2D eigenvalue weighted by Gasteiger charge is 2.17. The molecular weight excluding hydrogens is 172 g/mol. The normalized spacial score (nSPS) is 11.5. The molecule has 0 aromatic carbocycles. The number of ether oxygens (including phenoxy) is 1. The summed E-state index contributed by atoms with van der Waals surface area (Å²) in [5.41, 5.74) is 0.0691. The van der Waals surface area contributed by atoms with E-state index in [1.165, 1.54) is 13.8 Å². The summed E-state index contributed by atoms with van der Waals surface area (Å²) < 4.78 is 4.72. The van der Waals surface area contributed by atoms with Gasteiger partial charge in [-0.1, -0.05) is 13.2 Å². The number of carbonyl (C=O) groups excluding carboxylic acids is 1. The lowest BCUT2D eigenvalue weighted by molar-refractivity contribution is -0.143. The first-order valence-corrected chi connectivity index (χ1v) is 3.64. The number of esters is 1. The zero-order valence-corrected chi connectivity index (χ0v) is 7.66. The lowest BCUT2D eigenvalue weighted by atomic mass is 10.2. The van der Waals surface area contributed by atoms with Crippen LogP contribution in [0.4, 0.5) is 0 Å². The van der Waals surface area contributed by atoms with Gasteiger partial charge in [-0.25, -0.2) is 9.59 Å². The van der Waals surface area contributed by atoms with Gasteiger partial charge >= 0.3 is 11.9 Å². The van der Waals surface area contributed by atoms with E-state index in [2.05, 4.69) is 13.2 Å². The van der Waals surface area contributed by atoms with Crippen LogP contribution in [0.25, 0.3) is 0 Å². The number of carboxylic acids is 1. The molecule has 0 aliphatic rings. The van der Waals surface area contributed by atoms with Crippen molar-refractivity contribution in [3.8, 4) is 0 Å². The van der Waals surface area contributed by atoms with Gasteiger partial charge in [0.25, 0.3) is 0 Å². The van der Waals surface area contributed by atoms with Crippen LogP contribution in [-0.2, 0) is 14.3 Å². The fourth-order valence-electron chi connectivity index (χ4n) is 0.506. The van der Waals surface area contributed by atoms with Crippen LogP contribution in [0.3, 0.4) is 0 Å². The van der Waals surface area contributed by atoms with Gasteiger partial charge in [0.2, 0.25) is 0 Å². The maximum atomic E-state index is 10.9. The molecule has 4 heteroatoms. The average molecular weight is 184 g/mol. The van der Waals surface area contributed by atoms with Crippen LogP contribution in [0.15, 0.2) is 24.3 Å². The summed E-state index contributed by atoms with van der Waals surface area (Å²) in [5, 5.41) is 8.49. The topological polar surface area (TPSA) is 63.6 Å². The summed E-state index contributed by atoms with van der Waals surface area (Å²) >= 11 is 0. The quantitative estimate of drug-likeness (QED) is 0.525. The molecule has 0 aromatic rings. The molecule has 72 valence electrons. The number of rotatable bonds is 4. The fourth-order valence-corrected chi connectivity index (χ4v) is 0.506. The Kier molecular flexibility index (Phi) is 3.91. The molecule has 0 heterocycles. The molecule has 0 aliphatic heterocycles. The van der Waals surface area contributed by atoms with Gasteiger partial charge in [-0.05, 0) is 13.8 Å². The first-order valence-electron chi connectivity index (χ1n) is 3.64. The molecule has 0 aliphatic carbocycles. The van der Waals surface area contributed by atoms with Crippen molar-refractivity contribution in [3.63, 3.8) is 0 Å². The average Bonchev–Trinajstić information content (AvgIpc) is 2.02. The summed E-state index contributed by atoms with van der Waals surface area (Å²) in [5.74, 6) is -1.79. The number of carboxylic acid groups (broad SMARTS) is 1. The first kappa shape index (κ1) is 11.4. The second-order valence-electron chi connectivity index (χ2n) is 2.66. The van der Waals surface area contributed by atoms with Crippen LogP contribution in [-0.4, -0.2) is 23.1 Å². The number of hydrogen-bond donors (Lipinski definition) is 1. The van der Waals surface area contributed by atoms with E-state index in [0.717, 1.165) is 0 Å². The third kappa shape index (κ3) is 3.55. The van der Waals surface area contributed by atoms with Gasteiger partial charge in [-0.3, -0.25) is 0 Å². The second-order valence-corrected chi connectivity index (χ2v) is 2.66. The van der Waals surface area contributed by atoms with Crippen LogP contribution < -0.4 is 0 Å². The molecule has 0 aromatic heterocycles. The van der Waals surface area contributed by atoms with E-state index in [0.29, 0.717) is 0 Å². The summed E-state index contributed by atoms with van der Waals surface area (Å²) in [6.07, 6.45) is -0.832. The van der Waals surface area contributed by atoms with E-state index in [1.54, 1.807) is 0 Å². The highest BCUT2D eigenvalue weighted by molar-refractivity contribution is 5.90. The number of hydrogen-bond acceptors (Lipinski definition) is 3. The smallest absolute Gasteiger partial charge is 0.334 e. The monoisotopic (exact) mass is 184 g/mol. The maximum Gasteiger partial charge on any atom is 0.334 e. The Hall–Kier alpha value is -1.58. The summed E-state index contributed by atoms with van der Waals surface area (Å²) in [6, 6.07) is 0. The van der Waals surface area contributed by atoms with Crippen molar-refractivity contribution in [2.45, 2.75) is 20.0 Å². The molecule has 1 N–H and O–H groups in total. The SMILES string of the molecule is C=C(C)C(=O)OC(C)C(=C)C(=O)O. The van der Waals surface area contributed by atoms with E-state index in [-0.39, 0.29) is 11.1 Å². The van der Waals surface area contributed by atoms with Crippen molar-refractivity contribution in [3.05, 3.63) is 24.3 Å². The Labute approximate surface area is 76.5 Å². The van der Waals surface area contributed by atoms with Crippen molar-refractivity contribution >= 4 is 11.9 Å². The minimum atomic E-state index is -1.18. The van der Waals surface area contributed by atoms with Crippen molar-refractivity contribution in [2.75, 3.05) is 0 Å². The van der Waals surface area contributed by atoms with E-state index < -0.39 is 18.0 Å². The van der Waals surface area contributed by atoms with E-state index in [4.69, 9.17) is 9.84 Å². The van der Waals surface area contributed by atoms with Gasteiger partial charge in [0, 0.05) is 5.57 Å². The summed E-state index contributed by atoms with van der Waals surface area (Å²) in [6.45, 7) is 9.55. The van der Waals surface area contributed by atoms with Crippen molar-refractivity contribution in [2.24, 2.45) is 0 Å². The Balaban J connectivity index is 4.23. The maximum absolute atomic E-state index is 10.9. The Morgan fingerprint density at radius 2 is 1.85 bits per heavy atom. The second kappa shape index (κ2) is 4.45. The minimum Gasteiger partial charge on any atom is -0.478 e. The van der Waals surface area contributed by atoms with Crippen LogP contribution in [0.1, 0.15) is 13.8 Å². The van der Waals surface area contributed by atoms with Gasteiger partial charge in [-0.15, -0.1) is 0 Å². The molecule has 0 saturated heterocycles. The van der Waals surface area contributed by atoms with Crippen LogP contribution >= 0.6 is 0 Å². The van der Waals surface area contributed by atoms with Gasteiger partial charge in [-0.2, -0.15) is 0 Å². The van der Waals surface area contributed by atoms with Crippen molar-refractivity contribution < 1.29 is 19.4 Å². The first-order chi connectivity index (χ1) is 5.86. The molecule has 0 bridgehead atoms. The van der Waals surface area contributed by atoms with E-state index >= 15 is 0 Å². The predicted octanol–water partition coefficient (Wildman–Crippen LogP) is 1.14. The van der Waals surface area contributed by atoms with Crippen LogP contribution in [0.5, 0.6) is 0 Å². The number of carbonyl (C=O) groups is 2. The molecule has 0 amide bonds. The van der Waals surface area contributed by atoms with Gasteiger partial charge in [0.15, 0.2) is 0 Å². The Bertz CT molecular complexity index is 265.